The molecule has 3 N–H and O–H groups in total. The fourth-order valence-electron chi connectivity index (χ4n) is 1.88. The quantitative estimate of drug-likeness (QED) is 0.665. The first kappa shape index (κ1) is 16.2. The van der Waals surface area contributed by atoms with Crippen LogP contribution in [0.1, 0.15) is 49.0 Å². The van der Waals surface area contributed by atoms with Gasteiger partial charge in [-0.1, -0.05) is 0 Å². The number of carboxylic acid groups (broad SMARTS) is 1. The second-order valence-electron chi connectivity index (χ2n) is 6.04. The van der Waals surface area contributed by atoms with Gasteiger partial charge in [-0.05, 0) is 45.4 Å². The predicted octanol–water partition coefficient (Wildman–Crippen LogP) is 3.02. The number of carbonyl (C=O) groups excluding carboxylic acids is 1. The summed E-state index contributed by atoms with van der Waals surface area (Å²) < 4.78 is 5.95. The molecular formula is C15H18N2O4S. The molecule has 0 radical (unpaired) electrons. The number of esters is 1. The Morgan fingerprint density at radius 2 is 2.00 bits per heavy atom. The molecule has 0 saturated carbocycles. The van der Waals surface area contributed by atoms with Crippen molar-refractivity contribution in [3.8, 4) is 0 Å². The summed E-state index contributed by atoms with van der Waals surface area (Å²) in [6, 6.07) is 3.29. The van der Waals surface area contributed by atoms with Crippen LogP contribution in [0.15, 0.2) is 12.1 Å². The van der Waals surface area contributed by atoms with Crippen molar-refractivity contribution < 1.29 is 19.4 Å². The number of fused-ring (bicyclic) bond motifs is 1. The molecule has 1 aromatic carbocycles. The lowest BCUT2D eigenvalue weighted by Crippen LogP contribution is -2.23. The van der Waals surface area contributed by atoms with Crippen molar-refractivity contribution in [2.75, 3.05) is 5.73 Å². The maximum atomic E-state index is 12.1. The zero-order valence-corrected chi connectivity index (χ0v) is 13.7. The highest BCUT2D eigenvalue weighted by molar-refractivity contribution is 7.20. The van der Waals surface area contributed by atoms with Gasteiger partial charge in [0.25, 0.3) is 0 Å². The molecule has 0 spiro atoms. The van der Waals surface area contributed by atoms with Crippen molar-refractivity contribution >= 4 is 39.2 Å². The fourth-order valence-corrected chi connectivity index (χ4v) is 2.80. The van der Waals surface area contributed by atoms with E-state index < -0.39 is 23.5 Å². The van der Waals surface area contributed by atoms with E-state index in [0.717, 1.165) is 11.3 Å². The molecule has 2 rings (SSSR count). The molecule has 0 amide bonds. The molecule has 1 heterocycles. The van der Waals surface area contributed by atoms with Crippen LogP contribution in [-0.2, 0) is 9.53 Å². The Morgan fingerprint density at radius 1 is 1.36 bits per heavy atom. The fraction of sp³-hybridized carbons (Fsp3) is 0.400. The second-order valence-corrected chi connectivity index (χ2v) is 7.07. The van der Waals surface area contributed by atoms with E-state index in [2.05, 4.69) is 4.98 Å². The normalized spacial score (nSPS) is 13.1. The molecule has 0 aliphatic carbocycles. The Kier molecular flexibility index (Phi) is 4.10. The molecule has 1 aromatic heterocycles. The Balaban J connectivity index is 2.44. The maximum absolute atomic E-state index is 12.1. The van der Waals surface area contributed by atoms with E-state index in [1.165, 1.54) is 0 Å². The standard InChI is InChI=1S/C15H18N2O4S/c1-7(13(18)19)8-5-9(16)11-10(6-8)22-12(17-11)14(20)21-15(2,3)4/h5-7H,16H2,1-4H3,(H,18,19). The van der Waals surface area contributed by atoms with Gasteiger partial charge in [0.05, 0.1) is 16.3 Å². The van der Waals surface area contributed by atoms with Crippen LogP contribution in [-0.4, -0.2) is 27.6 Å². The van der Waals surface area contributed by atoms with E-state index in [9.17, 15) is 9.59 Å². The van der Waals surface area contributed by atoms with Crippen molar-refractivity contribution in [1.82, 2.24) is 4.98 Å². The summed E-state index contributed by atoms with van der Waals surface area (Å²) in [4.78, 5) is 27.4. The Bertz CT molecular complexity index is 746. The highest BCUT2D eigenvalue weighted by Gasteiger charge is 2.23. The van der Waals surface area contributed by atoms with Gasteiger partial charge in [-0.25, -0.2) is 9.78 Å². The number of anilines is 1. The predicted molar refractivity (Wildman–Crippen MR) is 85.3 cm³/mol. The van der Waals surface area contributed by atoms with Crippen LogP contribution >= 0.6 is 11.3 Å². The number of carboxylic acids is 1. The largest absolute Gasteiger partial charge is 0.481 e. The monoisotopic (exact) mass is 322 g/mol. The highest BCUT2D eigenvalue weighted by atomic mass is 32.1. The van der Waals surface area contributed by atoms with Crippen LogP contribution < -0.4 is 5.73 Å². The van der Waals surface area contributed by atoms with E-state index >= 15 is 0 Å². The summed E-state index contributed by atoms with van der Waals surface area (Å²) in [7, 11) is 0. The third-order valence-corrected chi connectivity index (χ3v) is 3.97. The van der Waals surface area contributed by atoms with Crippen LogP contribution in [0.2, 0.25) is 0 Å². The number of nitrogens with two attached hydrogens (primary N) is 1. The molecule has 22 heavy (non-hydrogen) atoms. The summed E-state index contributed by atoms with van der Waals surface area (Å²) in [6.07, 6.45) is 0. The molecule has 0 bridgehead atoms. The smallest absolute Gasteiger partial charge is 0.367 e. The molecule has 6 nitrogen and oxygen atoms in total. The molecule has 1 atom stereocenters. The van der Waals surface area contributed by atoms with Gasteiger partial charge in [0.15, 0.2) is 0 Å². The molecule has 2 aromatic rings. The lowest BCUT2D eigenvalue weighted by Gasteiger charge is -2.18. The number of aliphatic carboxylic acids is 1. The van der Waals surface area contributed by atoms with Crippen LogP contribution in [0.3, 0.4) is 0 Å². The van der Waals surface area contributed by atoms with E-state index in [-0.39, 0.29) is 5.01 Å². The average molecular weight is 322 g/mol. The highest BCUT2D eigenvalue weighted by Crippen LogP contribution is 2.31. The van der Waals surface area contributed by atoms with Crippen molar-refractivity contribution in [1.29, 1.82) is 0 Å². The van der Waals surface area contributed by atoms with Gasteiger partial charge in [0.1, 0.15) is 11.1 Å². The van der Waals surface area contributed by atoms with E-state index in [1.54, 1.807) is 39.8 Å². The van der Waals surface area contributed by atoms with Gasteiger partial charge in [0, 0.05) is 0 Å². The topological polar surface area (TPSA) is 103 Å². The van der Waals surface area contributed by atoms with Gasteiger partial charge >= 0.3 is 11.9 Å². The van der Waals surface area contributed by atoms with Gasteiger partial charge in [-0.2, -0.15) is 0 Å². The van der Waals surface area contributed by atoms with Crippen LogP contribution in [0.5, 0.6) is 0 Å². The summed E-state index contributed by atoms with van der Waals surface area (Å²) >= 11 is 1.14. The Morgan fingerprint density at radius 3 is 2.55 bits per heavy atom. The van der Waals surface area contributed by atoms with Crippen LogP contribution in [0.4, 0.5) is 5.69 Å². The molecule has 1 unspecified atom stereocenters. The van der Waals surface area contributed by atoms with Gasteiger partial charge < -0.3 is 15.6 Å². The first-order chi connectivity index (χ1) is 10.1. The lowest BCUT2D eigenvalue weighted by atomic mass is 10.0. The summed E-state index contributed by atoms with van der Waals surface area (Å²) in [6.45, 7) is 6.91. The van der Waals surface area contributed by atoms with E-state index in [0.29, 0.717) is 21.5 Å². The number of ether oxygens (including phenoxy) is 1. The first-order valence-corrected chi connectivity index (χ1v) is 7.56. The number of benzene rings is 1. The SMILES string of the molecule is CC(C(=O)O)c1cc(N)c2nc(C(=O)OC(C)(C)C)sc2c1. The Labute approximate surface area is 131 Å². The number of rotatable bonds is 3. The molecule has 0 fully saturated rings. The third kappa shape index (κ3) is 3.36. The van der Waals surface area contributed by atoms with Crippen molar-refractivity contribution in [2.45, 2.75) is 39.2 Å². The molecule has 0 aliphatic heterocycles. The molecule has 7 heteroatoms. The molecule has 0 aliphatic rings. The van der Waals surface area contributed by atoms with E-state index in [4.69, 9.17) is 15.6 Å². The third-order valence-electron chi connectivity index (χ3n) is 2.99. The van der Waals surface area contributed by atoms with Gasteiger partial charge in [0.2, 0.25) is 5.01 Å². The number of aromatic nitrogens is 1. The van der Waals surface area contributed by atoms with Gasteiger partial charge in [-0.15, -0.1) is 11.3 Å². The number of nitrogens with zero attached hydrogens (tertiary/aromatic N) is 1. The summed E-state index contributed by atoms with van der Waals surface area (Å²) in [5, 5.41) is 9.30. The van der Waals surface area contributed by atoms with E-state index in [1.807, 2.05) is 0 Å². The maximum Gasteiger partial charge on any atom is 0.367 e. The zero-order valence-electron chi connectivity index (χ0n) is 12.8. The minimum Gasteiger partial charge on any atom is -0.481 e. The second kappa shape index (κ2) is 5.57. The number of carbonyl (C=O) groups is 2. The summed E-state index contributed by atoms with van der Waals surface area (Å²) in [5.74, 6) is -2.13. The van der Waals surface area contributed by atoms with Crippen LogP contribution in [0.25, 0.3) is 10.2 Å². The van der Waals surface area contributed by atoms with Crippen LogP contribution in [0, 0.1) is 0 Å². The van der Waals surface area contributed by atoms with Crippen molar-refractivity contribution in [2.24, 2.45) is 0 Å². The van der Waals surface area contributed by atoms with Crippen molar-refractivity contribution in [3.63, 3.8) is 0 Å². The summed E-state index contributed by atoms with van der Waals surface area (Å²) in [5.41, 5.74) is 6.75. The number of nitrogen functional groups attached to an aromatic ring is 1. The average Bonchev–Trinajstić information content (AvgIpc) is 2.80. The van der Waals surface area contributed by atoms with Gasteiger partial charge in [-0.3, -0.25) is 4.79 Å². The lowest BCUT2D eigenvalue weighted by molar-refractivity contribution is -0.138. The number of hydrogen-bond acceptors (Lipinski definition) is 6. The minimum atomic E-state index is -0.935. The minimum absolute atomic E-state index is 0.205. The zero-order chi connectivity index (χ0) is 16.7. The number of hydrogen-bond donors (Lipinski definition) is 2. The number of thiazole rings is 1. The molecular weight excluding hydrogens is 304 g/mol. The molecule has 0 saturated heterocycles. The van der Waals surface area contributed by atoms with Crippen molar-refractivity contribution in [3.05, 3.63) is 22.7 Å². The Hall–Kier alpha value is -2.15. The molecule has 118 valence electrons. The first-order valence-electron chi connectivity index (χ1n) is 6.74.